The van der Waals surface area contributed by atoms with Gasteiger partial charge in [0, 0.05) is 32.7 Å². The van der Waals surface area contributed by atoms with E-state index in [1.807, 2.05) is 0 Å². The second kappa shape index (κ2) is 7.97. The van der Waals surface area contributed by atoms with Crippen LogP contribution in [0.1, 0.15) is 30.7 Å². The van der Waals surface area contributed by atoms with E-state index in [9.17, 15) is 0 Å². The highest BCUT2D eigenvalue weighted by atomic mass is 16.4. The van der Waals surface area contributed by atoms with Gasteiger partial charge in [0.05, 0.1) is 6.54 Å². The Balaban J connectivity index is 1.29. The van der Waals surface area contributed by atoms with Crippen molar-refractivity contribution < 1.29 is 4.42 Å². The van der Waals surface area contributed by atoms with E-state index in [0.717, 1.165) is 58.2 Å². The van der Waals surface area contributed by atoms with E-state index in [4.69, 9.17) is 4.42 Å². The minimum atomic E-state index is 0.702. The predicted octanol–water partition coefficient (Wildman–Crippen LogP) is 2.38. The van der Waals surface area contributed by atoms with Crippen LogP contribution < -0.4 is 4.90 Å². The van der Waals surface area contributed by atoms with E-state index >= 15 is 0 Å². The summed E-state index contributed by atoms with van der Waals surface area (Å²) in [6.45, 7) is 8.26. The lowest BCUT2D eigenvalue weighted by Gasteiger charge is -2.21. The molecule has 0 bridgehead atoms. The molecule has 1 aromatic carbocycles. The van der Waals surface area contributed by atoms with Crippen molar-refractivity contribution in [1.82, 2.24) is 20.0 Å². The Hall–Kier alpha value is -1.92. The summed E-state index contributed by atoms with van der Waals surface area (Å²) in [6.07, 6.45) is 3.63. The lowest BCUT2D eigenvalue weighted by molar-refractivity contribution is 0.231. The summed E-state index contributed by atoms with van der Waals surface area (Å²) in [7, 11) is 0. The molecule has 0 amide bonds. The average Bonchev–Trinajstić information content (AvgIpc) is 3.27. The third-order valence-corrected chi connectivity index (χ3v) is 5.12. The van der Waals surface area contributed by atoms with Crippen LogP contribution in [0.3, 0.4) is 0 Å². The standard InChI is InChI=1S/C19H27N5O/c1-2-7-17(8-3-1)15-22-9-6-10-23(14-13-22)16-18-20-21-19(25-18)24-11-4-5-12-24/h1-3,7-8H,4-6,9-16H2. The second-order valence-corrected chi connectivity index (χ2v) is 7.06. The van der Waals surface area contributed by atoms with Crippen LogP contribution in [-0.2, 0) is 13.1 Å². The van der Waals surface area contributed by atoms with E-state index < -0.39 is 0 Å². The van der Waals surface area contributed by atoms with Crippen molar-refractivity contribution >= 4 is 6.01 Å². The molecule has 2 fully saturated rings. The first kappa shape index (κ1) is 16.5. The van der Waals surface area contributed by atoms with E-state index in [-0.39, 0.29) is 0 Å². The monoisotopic (exact) mass is 341 g/mol. The van der Waals surface area contributed by atoms with Gasteiger partial charge in [0.2, 0.25) is 5.89 Å². The molecule has 0 radical (unpaired) electrons. The fourth-order valence-electron chi connectivity index (χ4n) is 3.72. The average molecular weight is 341 g/mol. The zero-order chi connectivity index (χ0) is 16.9. The van der Waals surface area contributed by atoms with Crippen molar-refractivity contribution in [1.29, 1.82) is 0 Å². The van der Waals surface area contributed by atoms with Gasteiger partial charge in [-0.25, -0.2) is 0 Å². The van der Waals surface area contributed by atoms with Gasteiger partial charge in [-0.05, 0) is 37.9 Å². The van der Waals surface area contributed by atoms with Gasteiger partial charge >= 0.3 is 6.01 Å². The molecular weight excluding hydrogens is 314 g/mol. The van der Waals surface area contributed by atoms with Crippen LogP contribution in [-0.4, -0.2) is 59.3 Å². The fourth-order valence-corrected chi connectivity index (χ4v) is 3.72. The highest BCUT2D eigenvalue weighted by Crippen LogP contribution is 2.19. The van der Waals surface area contributed by atoms with Crippen LogP contribution >= 0.6 is 0 Å². The highest BCUT2D eigenvalue weighted by Gasteiger charge is 2.21. The van der Waals surface area contributed by atoms with Crippen molar-refractivity contribution in [3.63, 3.8) is 0 Å². The third kappa shape index (κ3) is 4.38. The number of benzene rings is 1. The molecule has 3 heterocycles. The first-order valence-electron chi connectivity index (χ1n) is 9.43. The molecular formula is C19H27N5O. The molecule has 0 N–H and O–H groups in total. The van der Waals surface area contributed by atoms with Crippen LogP contribution in [0.25, 0.3) is 0 Å². The molecule has 2 saturated heterocycles. The molecule has 25 heavy (non-hydrogen) atoms. The normalized spacial score (nSPS) is 20.1. The first-order chi connectivity index (χ1) is 12.4. The summed E-state index contributed by atoms with van der Waals surface area (Å²) in [6, 6.07) is 11.4. The quantitative estimate of drug-likeness (QED) is 0.832. The van der Waals surface area contributed by atoms with Gasteiger partial charge in [-0.2, -0.15) is 0 Å². The number of anilines is 1. The SMILES string of the molecule is c1ccc(CN2CCCN(Cc3nnc(N4CCCC4)o3)CC2)cc1. The van der Waals surface area contributed by atoms with E-state index in [1.165, 1.54) is 24.8 Å². The number of hydrogen-bond donors (Lipinski definition) is 0. The molecule has 1 aromatic heterocycles. The summed E-state index contributed by atoms with van der Waals surface area (Å²) >= 11 is 0. The van der Waals surface area contributed by atoms with Crippen molar-refractivity contribution in [3.05, 3.63) is 41.8 Å². The molecule has 0 unspecified atom stereocenters. The molecule has 2 aliphatic heterocycles. The molecule has 2 aliphatic rings. The van der Waals surface area contributed by atoms with Crippen molar-refractivity contribution in [2.45, 2.75) is 32.4 Å². The Kier molecular flexibility index (Phi) is 5.28. The maximum Gasteiger partial charge on any atom is 0.318 e. The van der Waals surface area contributed by atoms with Gasteiger partial charge in [0.25, 0.3) is 0 Å². The Morgan fingerprint density at radius 2 is 1.48 bits per heavy atom. The number of hydrogen-bond acceptors (Lipinski definition) is 6. The fraction of sp³-hybridized carbons (Fsp3) is 0.579. The molecule has 6 heteroatoms. The topological polar surface area (TPSA) is 48.6 Å². The minimum absolute atomic E-state index is 0.702. The number of aromatic nitrogens is 2. The Morgan fingerprint density at radius 3 is 2.24 bits per heavy atom. The molecule has 4 rings (SSSR count). The number of rotatable bonds is 5. The van der Waals surface area contributed by atoms with E-state index in [0.29, 0.717) is 6.01 Å². The summed E-state index contributed by atoms with van der Waals surface area (Å²) in [5.41, 5.74) is 1.39. The number of nitrogens with zero attached hydrogens (tertiary/aromatic N) is 5. The Labute approximate surface area is 149 Å². The lowest BCUT2D eigenvalue weighted by Crippen LogP contribution is -2.30. The molecule has 134 valence electrons. The van der Waals surface area contributed by atoms with Gasteiger partial charge in [0.1, 0.15) is 0 Å². The third-order valence-electron chi connectivity index (χ3n) is 5.12. The molecule has 2 aromatic rings. The van der Waals surface area contributed by atoms with Crippen LogP contribution in [0.5, 0.6) is 0 Å². The van der Waals surface area contributed by atoms with Crippen LogP contribution in [0.4, 0.5) is 6.01 Å². The Morgan fingerprint density at radius 1 is 0.760 bits per heavy atom. The van der Waals surface area contributed by atoms with Crippen molar-refractivity contribution in [2.75, 3.05) is 44.2 Å². The second-order valence-electron chi connectivity index (χ2n) is 7.06. The van der Waals surface area contributed by atoms with Gasteiger partial charge in [-0.1, -0.05) is 35.4 Å². The zero-order valence-electron chi connectivity index (χ0n) is 14.8. The smallest absolute Gasteiger partial charge is 0.318 e. The van der Waals surface area contributed by atoms with Crippen molar-refractivity contribution in [2.24, 2.45) is 0 Å². The van der Waals surface area contributed by atoms with Gasteiger partial charge in [-0.15, -0.1) is 5.10 Å². The maximum atomic E-state index is 5.88. The van der Waals surface area contributed by atoms with E-state index in [2.05, 4.69) is 55.2 Å². The summed E-state index contributed by atoms with van der Waals surface area (Å²) < 4.78 is 5.88. The van der Waals surface area contributed by atoms with Crippen LogP contribution in [0.15, 0.2) is 34.7 Å². The van der Waals surface area contributed by atoms with Crippen LogP contribution in [0.2, 0.25) is 0 Å². The largest absolute Gasteiger partial charge is 0.407 e. The van der Waals surface area contributed by atoms with Gasteiger partial charge in [0.15, 0.2) is 0 Å². The minimum Gasteiger partial charge on any atom is -0.407 e. The van der Waals surface area contributed by atoms with Crippen LogP contribution in [0, 0.1) is 0 Å². The predicted molar refractivity (Wildman–Crippen MR) is 97.4 cm³/mol. The molecule has 0 saturated carbocycles. The van der Waals surface area contributed by atoms with Crippen molar-refractivity contribution in [3.8, 4) is 0 Å². The zero-order valence-corrected chi connectivity index (χ0v) is 14.8. The van der Waals surface area contributed by atoms with Gasteiger partial charge in [-0.3, -0.25) is 9.80 Å². The summed E-state index contributed by atoms with van der Waals surface area (Å²) in [5.74, 6) is 0.749. The first-order valence-corrected chi connectivity index (χ1v) is 9.43. The lowest BCUT2D eigenvalue weighted by atomic mass is 10.2. The molecule has 0 aliphatic carbocycles. The molecule has 0 atom stereocenters. The molecule has 0 spiro atoms. The Bertz CT molecular complexity index is 653. The van der Waals surface area contributed by atoms with E-state index in [1.54, 1.807) is 0 Å². The highest BCUT2D eigenvalue weighted by molar-refractivity contribution is 5.25. The molecule has 6 nitrogen and oxygen atoms in total. The maximum absolute atomic E-state index is 5.88. The summed E-state index contributed by atoms with van der Waals surface area (Å²) in [4.78, 5) is 7.17. The van der Waals surface area contributed by atoms with Gasteiger partial charge < -0.3 is 9.32 Å². The summed E-state index contributed by atoms with van der Waals surface area (Å²) in [5, 5.41) is 8.49.